The Labute approximate surface area is 300 Å². The third-order valence-electron chi connectivity index (χ3n) is 9.62. The van der Waals surface area contributed by atoms with Crippen LogP contribution in [0.2, 0.25) is 0 Å². The van der Waals surface area contributed by atoms with Crippen LogP contribution in [-0.4, -0.2) is 18.2 Å². The van der Waals surface area contributed by atoms with E-state index in [9.17, 15) is 9.59 Å². The molecule has 0 N–H and O–H groups in total. The zero-order chi connectivity index (χ0) is 35.2. The number of esters is 2. The molecule has 0 spiro atoms. The highest BCUT2D eigenvalue weighted by atomic mass is 16.7. The van der Waals surface area contributed by atoms with Crippen molar-refractivity contribution in [3.8, 4) is 0 Å². The summed E-state index contributed by atoms with van der Waals surface area (Å²) >= 11 is 0. The maximum absolute atomic E-state index is 12.7. The molecule has 4 nitrogen and oxygen atoms in total. The minimum atomic E-state index is -0.743. The molecule has 0 aliphatic heterocycles. The minimum absolute atomic E-state index is 0.0704. The van der Waals surface area contributed by atoms with Crippen molar-refractivity contribution in [2.24, 2.45) is 5.92 Å². The van der Waals surface area contributed by atoms with E-state index < -0.39 is 6.29 Å². The van der Waals surface area contributed by atoms with Gasteiger partial charge >= 0.3 is 11.9 Å². The fraction of sp³-hybridized carbons (Fsp3) is 0.864. The molecule has 0 rings (SSSR count). The Morgan fingerprint density at radius 3 is 1.06 bits per heavy atom. The number of carbonyl (C=O) groups is 2. The molecule has 4 heteroatoms. The number of rotatable bonds is 37. The fourth-order valence-electron chi connectivity index (χ4n) is 6.27. The van der Waals surface area contributed by atoms with Crippen LogP contribution in [0.15, 0.2) is 24.3 Å². The van der Waals surface area contributed by atoms with Gasteiger partial charge in [-0.1, -0.05) is 168 Å². The lowest BCUT2D eigenvalue weighted by Crippen LogP contribution is -2.32. The fourth-order valence-corrected chi connectivity index (χ4v) is 6.27. The number of hydrogen-bond donors (Lipinski definition) is 0. The predicted octanol–water partition coefficient (Wildman–Crippen LogP) is 14.7. The van der Waals surface area contributed by atoms with Gasteiger partial charge < -0.3 is 9.47 Å². The smallest absolute Gasteiger partial charge is 0.308 e. The molecular weight excluding hydrogens is 592 g/mol. The largest absolute Gasteiger partial charge is 0.425 e. The number of ether oxygens (including phenoxy) is 2. The highest BCUT2D eigenvalue weighted by Crippen LogP contribution is 2.23. The van der Waals surface area contributed by atoms with Gasteiger partial charge in [0.2, 0.25) is 6.29 Å². The summed E-state index contributed by atoms with van der Waals surface area (Å²) in [4.78, 5) is 25.5. The molecule has 0 saturated heterocycles. The van der Waals surface area contributed by atoms with E-state index in [1.807, 2.05) is 0 Å². The van der Waals surface area contributed by atoms with Crippen molar-refractivity contribution in [2.75, 3.05) is 0 Å². The van der Waals surface area contributed by atoms with Crippen LogP contribution in [0.4, 0.5) is 0 Å². The lowest BCUT2D eigenvalue weighted by molar-refractivity contribution is -0.199. The van der Waals surface area contributed by atoms with Crippen molar-refractivity contribution < 1.29 is 19.1 Å². The molecule has 0 bridgehead atoms. The number of unbranched alkanes of at least 4 members (excludes halogenated alkanes) is 23. The maximum Gasteiger partial charge on any atom is 0.308 e. The van der Waals surface area contributed by atoms with Gasteiger partial charge in [-0.2, -0.15) is 0 Å². The Morgan fingerprint density at radius 1 is 0.417 bits per heavy atom. The first-order chi connectivity index (χ1) is 23.6. The Hall–Kier alpha value is -1.58. The van der Waals surface area contributed by atoms with Crippen LogP contribution >= 0.6 is 0 Å². The normalized spacial score (nSPS) is 12.4. The maximum atomic E-state index is 12.7. The summed E-state index contributed by atoms with van der Waals surface area (Å²) in [6, 6.07) is 0. The zero-order valence-corrected chi connectivity index (χ0v) is 32.7. The van der Waals surface area contributed by atoms with Gasteiger partial charge in [-0.3, -0.25) is 9.59 Å². The summed E-state index contributed by atoms with van der Waals surface area (Å²) in [5.74, 6) is -0.371. The molecule has 0 aromatic carbocycles. The number of carbonyl (C=O) groups excluding carboxylic acids is 2. The molecule has 0 amide bonds. The lowest BCUT2D eigenvalue weighted by Gasteiger charge is -2.26. The molecule has 0 aliphatic rings. The van der Waals surface area contributed by atoms with Crippen molar-refractivity contribution in [2.45, 2.75) is 239 Å². The standard InChI is InChI=1S/C44H82O4/c1-5-9-12-14-16-18-20-22-24-26-28-30-32-34-36-39-42(45)47-44(41(8-4)38-11-7-3)48-43(46)40-37-35-33-31-29-27-25-23-21-19-17-15-13-10-6-2/h22-25,41,44H,5-21,26-40H2,1-4H3/b24-22-,25-23-. The molecule has 1 atom stereocenters. The molecule has 0 aromatic rings. The first kappa shape index (κ1) is 46.4. The Bertz CT molecular complexity index is 688. The molecule has 48 heavy (non-hydrogen) atoms. The van der Waals surface area contributed by atoms with E-state index >= 15 is 0 Å². The van der Waals surface area contributed by atoms with Crippen LogP contribution in [0.5, 0.6) is 0 Å². The van der Waals surface area contributed by atoms with E-state index in [1.54, 1.807) is 0 Å². The van der Waals surface area contributed by atoms with Gasteiger partial charge in [-0.25, -0.2) is 0 Å². The second kappa shape index (κ2) is 38.2. The van der Waals surface area contributed by atoms with Crippen LogP contribution in [-0.2, 0) is 19.1 Å². The van der Waals surface area contributed by atoms with Crippen LogP contribution < -0.4 is 0 Å². The van der Waals surface area contributed by atoms with Gasteiger partial charge in [0.05, 0.1) is 0 Å². The minimum Gasteiger partial charge on any atom is -0.425 e. The van der Waals surface area contributed by atoms with Crippen LogP contribution in [0, 0.1) is 5.92 Å². The van der Waals surface area contributed by atoms with Crippen molar-refractivity contribution in [1.29, 1.82) is 0 Å². The van der Waals surface area contributed by atoms with Crippen molar-refractivity contribution in [3.63, 3.8) is 0 Å². The third kappa shape index (κ3) is 32.9. The first-order valence-corrected chi connectivity index (χ1v) is 21.3. The van der Waals surface area contributed by atoms with Crippen molar-refractivity contribution in [3.05, 3.63) is 24.3 Å². The molecule has 0 aliphatic carbocycles. The molecular formula is C44H82O4. The van der Waals surface area contributed by atoms with Crippen molar-refractivity contribution >= 4 is 11.9 Å². The molecule has 282 valence electrons. The quantitative estimate of drug-likeness (QED) is 0.0285. The molecule has 0 aromatic heterocycles. The topological polar surface area (TPSA) is 52.6 Å². The average Bonchev–Trinajstić information content (AvgIpc) is 3.08. The highest BCUT2D eigenvalue weighted by Gasteiger charge is 2.27. The van der Waals surface area contributed by atoms with Crippen LogP contribution in [0.25, 0.3) is 0 Å². The summed E-state index contributed by atoms with van der Waals surface area (Å²) in [5.41, 5.74) is 0. The molecule has 0 saturated carbocycles. The van der Waals surface area contributed by atoms with Crippen LogP contribution in [0.3, 0.4) is 0 Å². The first-order valence-electron chi connectivity index (χ1n) is 21.3. The Balaban J connectivity index is 4.11. The second-order valence-corrected chi connectivity index (χ2v) is 14.3. The summed E-state index contributed by atoms with van der Waals surface area (Å²) in [6.07, 6.45) is 45.4. The summed E-state index contributed by atoms with van der Waals surface area (Å²) in [7, 11) is 0. The summed E-state index contributed by atoms with van der Waals surface area (Å²) < 4.78 is 11.6. The van der Waals surface area contributed by atoms with Crippen LogP contribution in [0.1, 0.15) is 233 Å². The molecule has 0 radical (unpaired) electrons. The van der Waals surface area contributed by atoms with Gasteiger partial charge in [0.1, 0.15) is 0 Å². The predicted molar refractivity (Wildman–Crippen MR) is 208 cm³/mol. The van der Waals surface area contributed by atoms with Gasteiger partial charge in [-0.15, -0.1) is 0 Å². The van der Waals surface area contributed by atoms with E-state index in [0.29, 0.717) is 12.8 Å². The Morgan fingerprint density at radius 2 is 0.729 bits per heavy atom. The lowest BCUT2D eigenvalue weighted by atomic mass is 9.98. The average molecular weight is 675 g/mol. The van der Waals surface area contributed by atoms with E-state index in [0.717, 1.165) is 77.0 Å². The Kier molecular flexibility index (Phi) is 37.0. The molecule has 0 fully saturated rings. The molecule has 0 heterocycles. The van der Waals surface area contributed by atoms with E-state index in [-0.39, 0.29) is 17.9 Å². The SMILES string of the molecule is CCCCCCCC/C=C\CCCCCCCC(=O)OC(OC(=O)CCCCCCC/C=C\CCCCCCCC)C(CC)CCCC. The monoisotopic (exact) mass is 675 g/mol. The summed E-state index contributed by atoms with van der Waals surface area (Å²) in [5, 5.41) is 0. The van der Waals surface area contributed by atoms with Gasteiger partial charge in [-0.05, 0) is 77.0 Å². The molecule has 1 unspecified atom stereocenters. The van der Waals surface area contributed by atoms with Crippen molar-refractivity contribution in [1.82, 2.24) is 0 Å². The zero-order valence-electron chi connectivity index (χ0n) is 32.7. The number of hydrogen-bond acceptors (Lipinski definition) is 4. The van der Waals surface area contributed by atoms with Gasteiger partial charge in [0, 0.05) is 18.8 Å². The highest BCUT2D eigenvalue weighted by molar-refractivity contribution is 5.71. The third-order valence-corrected chi connectivity index (χ3v) is 9.62. The number of allylic oxidation sites excluding steroid dienone is 4. The van der Waals surface area contributed by atoms with E-state index in [4.69, 9.17) is 9.47 Å². The van der Waals surface area contributed by atoms with Gasteiger partial charge in [0.25, 0.3) is 0 Å². The van der Waals surface area contributed by atoms with Gasteiger partial charge in [0.15, 0.2) is 0 Å². The summed E-state index contributed by atoms with van der Waals surface area (Å²) in [6.45, 7) is 8.80. The second-order valence-electron chi connectivity index (χ2n) is 14.3. The van der Waals surface area contributed by atoms with E-state index in [2.05, 4.69) is 52.0 Å². The van der Waals surface area contributed by atoms with E-state index in [1.165, 1.54) is 116 Å².